The van der Waals surface area contributed by atoms with E-state index in [1.807, 2.05) is 6.07 Å². The Labute approximate surface area is 143 Å². The Kier molecular flexibility index (Phi) is 3.87. The zero-order valence-corrected chi connectivity index (χ0v) is 14.0. The first kappa shape index (κ1) is 15.1. The molecule has 0 saturated heterocycles. The van der Waals surface area contributed by atoms with Crippen molar-refractivity contribution in [2.24, 2.45) is 0 Å². The molecule has 6 heteroatoms. The number of carbonyl (C=O) groups is 1. The van der Waals surface area contributed by atoms with E-state index >= 15 is 0 Å². The number of fused-ring (bicyclic) bond motifs is 1. The zero-order valence-electron chi connectivity index (χ0n) is 12.4. The molecule has 1 saturated carbocycles. The molecule has 120 valence electrons. The molecule has 2 heterocycles. The van der Waals surface area contributed by atoms with E-state index in [2.05, 4.69) is 10.2 Å². The van der Waals surface area contributed by atoms with Gasteiger partial charge in [-0.3, -0.25) is 9.69 Å². The molecule has 1 fully saturated rings. The number of amides is 1. The summed E-state index contributed by atoms with van der Waals surface area (Å²) in [7, 11) is 0. The number of hydrogen-bond acceptors (Lipinski definition) is 3. The van der Waals surface area contributed by atoms with E-state index in [0.717, 1.165) is 29.6 Å². The molecule has 2 aliphatic rings. The lowest BCUT2D eigenvalue weighted by molar-refractivity contribution is 0.0955. The summed E-state index contributed by atoms with van der Waals surface area (Å²) in [4.78, 5) is 16.8. The van der Waals surface area contributed by atoms with Gasteiger partial charge in [-0.05, 0) is 42.2 Å². The summed E-state index contributed by atoms with van der Waals surface area (Å²) >= 11 is 7.33. The van der Waals surface area contributed by atoms with Crippen molar-refractivity contribution in [2.75, 3.05) is 0 Å². The highest BCUT2D eigenvalue weighted by Crippen LogP contribution is 2.38. The van der Waals surface area contributed by atoms with Crippen molar-refractivity contribution in [3.05, 3.63) is 56.0 Å². The van der Waals surface area contributed by atoms with Crippen molar-refractivity contribution in [3.8, 4) is 0 Å². The first-order valence-electron chi connectivity index (χ1n) is 7.68. The molecule has 2 aromatic rings. The third-order valence-corrected chi connectivity index (χ3v) is 5.79. The molecule has 1 aromatic heterocycles. The van der Waals surface area contributed by atoms with Crippen LogP contribution in [0.4, 0.5) is 4.39 Å². The van der Waals surface area contributed by atoms with E-state index in [-0.39, 0.29) is 10.9 Å². The number of thiophene rings is 1. The number of nitrogens with zero attached hydrogens (tertiary/aromatic N) is 1. The van der Waals surface area contributed by atoms with Crippen LogP contribution in [0, 0.1) is 5.82 Å². The lowest BCUT2D eigenvalue weighted by atomic mass is 10.2. The highest BCUT2D eigenvalue weighted by atomic mass is 35.5. The topological polar surface area (TPSA) is 32.3 Å². The largest absolute Gasteiger partial charge is 0.347 e. The second kappa shape index (κ2) is 5.89. The van der Waals surface area contributed by atoms with Gasteiger partial charge in [0.2, 0.25) is 0 Å². The highest BCUT2D eigenvalue weighted by Gasteiger charge is 2.34. The van der Waals surface area contributed by atoms with Crippen LogP contribution in [-0.4, -0.2) is 16.8 Å². The van der Waals surface area contributed by atoms with Gasteiger partial charge in [0.05, 0.1) is 9.90 Å². The minimum absolute atomic E-state index is 0.0759. The van der Waals surface area contributed by atoms with Gasteiger partial charge in [-0.2, -0.15) is 0 Å². The Balaban J connectivity index is 1.38. The van der Waals surface area contributed by atoms with Crippen molar-refractivity contribution in [3.63, 3.8) is 0 Å². The van der Waals surface area contributed by atoms with Gasteiger partial charge in [-0.15, -0.1) is 11.3 Å². The predicted octanol–water partition coefficient (Wildman–Crippen LogP) is 3.95. The van der Waals surface area contributed by atoms with Gasteiger partial charge in [-0.1, -0.05) is 17.7 Å². The smallest absolute Gasteiger partial charge is 0.261 e. The Bertz CT molecular complexity index is 748. The molecule has 1 N–H and O–H groups in total. The quantitative estimate of drug-likeness (QED) is 0.905. The Morgan fingerprint density at radius 2 is 2.17 bits per heavy atom. The van der Waals surface area contributed by atoms with E-state index < -0.39 is 5.82 Å². The molecular formula is C17H16ClFN2OS. The maximum absolute atomic E-state index is 13.1. The van der Waals surface area contributed by atoms with Crippen LogP contribution in [0.25, 0.3) is 0 Å². The maximum Gasteiger partial charge on any atom is 0.261 e. The standard InChI is InChI=1S/C17H16ClFN2OS/c18-13-5-10(1-4-14(13)19)7-20-17(22)15-6-11-8-21(12-2-3-12)9-16(11)23-15/h1,4-6,12H,2-3,7-9H2,(H,20,22). The SMILES string of the molecule is O=C(NCc1ccc(F)c(Cl)c1)c1cc2c(s1)CN(C1CC1)C2. The van der Waals surface area contributed by atoms with E-state index in [1.54, 1.807) is 23.5 Å². The summed E-state index contributed by atoms with van der Waals surface area (Å²) < 4.78 is 13.1. The average Bonchev–Trinajstić information content (AvgIpc) is 3.18. The van der Waals surface area contributed by atoms with Crippen molar-refractivity contribution < 1.29 is 9.18 Å². The number of hydrogen-bond donors (Lipinski definition) is 1. The monoisotopic (exact) mass is 350 g/mol. The molecule has 0 spiro atoms. The lowest BCUT2D eigenvalue weighted by Gasteiger charge is -2.12. The highest BCUT2D eigenvalue weighted by molar-refractivity contribution is 7.14. The van der Waals surface area contributed by atoms with Crippen molar-refractivity contribution in [2.45, 2.75) is 38.5 Å². The van der Waals surface area contributed by atoms with Gasteiger partial charge >= 0.3 is 0 Å². The molecular weight excluding hydrogens is 335 g/mol. The Morgan fingerprint density at radius 3 is 2.87 bits per heavy atom. The van der Waals surface area contributed by atoms with Gasteiger partial charge < -0.3 is 5.32 Å². The van der Waals surface area contributed by atoms with E-state index in [9.17, 15) is 9.18 Å². The van der Waals surface area contributed by atoms with Crippen molar-refractivity contribution >= 4 is 28.8 Å². The van der Waals surface area contributed by atoms with E-state index in [0.29, 0.717) is 6.54 Å². The van der Waals surface area contributed by atoms with Gasteiger partial charge in [-0.25, -0.2) is 4.39 Å². The van der Waals surface area contributed by atoms with E-state index in [1.165, 1.54) is 29.3 Å². The van der Waals surface area contributed by atoms with E-state index in [4.69, 9.17) is 11.6 Å². The Hall–Kier alpha value is -1.43. The molecule has 0 radical (unpaired) electrons. The first-order valence-corrected chi connectivity index (χ1v) is 8.87. The minimum atomic E-state index is -0.448. The van der Waals surface area contributed by atoms with Crippen LogP contribution in [0.3, 0.4) is 0 Å². The fourth-order valence-corrected chi connectivity index (χ4v) is 4.24. The van der Waals surface area contributed by atoms with Crippen LogP contribution in [-0.2, 0) is 19.6 Å². The summed E-state index contributed by atoms with van der Waals surface area (Å²) in [6.07, 6.45) is 2.62. The summed E-state index contributed by atoms with van der Waals surface area (Å²) in [5.41, 5.74) is 2.07. The maximum atomic E-state index is 13.1. The summed E-state index contributed by atoms with van der Waals surface area (Å²) in [5.74, 6) is -0.528. The molecule has 3 nitrogen and oxygen atoms in total. The van der Waals surface area contributed by atoms with Crippen molar-refractivity contribution in [1.29, 1.82) is 0 Å². The number of rotatable bonds is 4. The molecule has 0 unspecified atom stereocenters. The average molecular weight is 351 g/mol. The van der Waals surface area contributed by atoms with Gasteiger partial charge in [0.25, 0.3) is 5.91 Å². The summed E-state index contributed by atoms with van der Waals surface area (Å²) in [5, 5.41) is 2.95. The molecule has 0 atom stereocenters. The molecule has 1 amide bonds. The number of halogens is 2. The molecule has 23 heavy (non-hydrogen) atoms. The fraction of sp³-hybridized carbons (Fsp3) is 0.353. The van der Waals surface area contributed by atoms with Crippen LogP contribution in [0.15, 0.2) is 24.3 Å². The summed E-state index contributed by atoms with van der Waals surface area (Å²) in [6, 6.07) is 7.25. The van der Waals surface area contributed by atoms with Gasteiger partial charge in [0.1, 0.15) is 5.82 Å². The normalized spacial score (nSPS) is 17.3. The Morgan fingerprint density at radius 1 is 1.35 bits per heavy atom. The van der Waals surface area contributed by atoms with Gasteiger partial charge in [0, 0.05) is 30.6 Å². The molecule has 0 bridgehead atoms. The molecule has 1 aliphatic carbocycles. The zero-order chi connectivity index (χ0) is 16.0. The summed E-state index contributed by atoms with van der Waals surface area (Å²) in [6.45, 7) is 2.29. The van der Waals surface area contributed by atoms with Gasteiger partial charge in [0.15, 0.2) is 0 Å². The fourth-order valence-electron chi connectivity index (χ4n) is 2.92. The second-order valence-corrected chi connectivity index (χ2v) is 7.67. The third kappa shape index (κ3) is 3.13. The predicted molar refractivity (Wildman–Crippen MR) is 89.2 cm³/mol. The van der Waals surface area contributed by atoms with Crippen molar-refractivity contribution in [1.82, 2.24) is 10.2 Å². The molecule has 1 aliphatic heterocycles. The second-order valence-electron chi connectivity index (χ2n) is 6.13. The number of nitrogens with one attached hydrogen (secondary N) is 1. The third-order valence-electron chi connectivity index (χ3n) is 4.34. The lowest BCUT2D eigenvalue weighted by Crippen LogP contribution is -2.22. The molecule has 4 rings (SSSR count). The van der Waals surface area contributed by atoms with Crippen LogP contribution < -0.4 is 5.32 Å². The number of carbonyl (C=O) groups excluding carboxylic acids is 1. The minimum Gasteiger partial charge on any atom is -0.347 e. The van der Waals surface area contributed by atoms with Crippen LogP contribution >= 0.6 is 22.9 Å². The van der Waals surface area contributed by atoms with Crippen LogP contribution in [0.2, 0.25) is 5.02 Å². The van der Waals surface area contributed by atoms with Crippen LogP contribution in [0.1, 0.15) is 38.5 Å². The molecule has 1 aromatic carbocycles. The first-order chi connectivity index (χ1) is 11.1. The van der Waals surface area contributed by atoms with Crippen LogP contribution in [0.5, 0.6) is 0 Å². The number of benzene rings is 1.